The van der Waals surface area contributed by atoms with Gasteiger partial charge in [0.15, 0.2) is 0 Å². The summed E-state index contributed by atoms with van der Waals surface area (Å²) in [5, 5.41) is 16.6. The van der Waals surface area contributed by atoms with Crippen LogP contribution in [0.1, 0.15) is 29.1 Å². The highest BCUT2D eigenvalue weighted by Gasteiger charge is 2.34. The number of carbonyl (C=O) groups excluding carboxylic acids is 1. The second-order valence-electron chi connectivity index (χ2n) is 7.03. The maximum absolute atomic E-state index is 12.8. The molecule has 0 saturated carbocycles. The van der Waals surface area contributed by atoms with E-state index in [-0.39, 0.29) is 5.02 Å². The molecule has 0 radical (unpaired) electrons. The van der Waals surface area contributed by atoms with E-state index in [9.17, 15) is 18.0 Å². The van der Waals surface area contributed by atoms with Gasteiger partial charge >= 0.3 is 12.4 Å². The summed E-state index contributed by atoms with van der Waals surface area (Å²) in [7, 11) is 0. The van der Waals surface area contributed by atoms with E-state index in [1.54, 1.807) is 31.2 Å². The Bertz CT molecular complexity index is 1300. The first kappa shape index (κ1) is 22.6. The Labute approximate surface area is 195 Å². The van der Waals surface area contributed by atoms with Crippen LogP contribution in [0.25, 0.3) is 16.8 Å². The first-order chi connectivity index (χ1) is 15.6. The molecule has 2 amide bonds. The van der Waals surface area contributed by atoms with Gasteiger partial charge in [0, 0.05) is 22.2 Å². The Kier molecular flexibility index (Phi) is 6.01. The van der Waals surface area contributed by atoms with E-state index in [0.29, 0.717) is 33.1 Å². The lowest BCUT2D eigenvalue weighted by molar-refractivity contribution is -0.274. The number of hydrogen-bond acceptors (Lipinski definition) is 5. The molecule has 11 heteroatoms. The number of benzene rings is 2. The van der Waals surface area contributed by atoms with Gasteiger partial charge in [0.25, 0.3) is 0 Å². The van der Waals surface area contributed by atoms with Gasteiger partial charge in [-0.05, 0) is 36.8 Å². The zero-order valence-electron chi connectivity index (χ0n) is 16.8. The molecule has 2 N–H and O–H groups in total. The molecule has 168 valence electrons. The van der Waals surface area contributed by atoms with Crippen molar-refractivity contribution < 1.29 is 22.7 Å². The number of nitriles is 1. The number of ether oxygens (including phenoxy) is 1. The molecule has 0 spiro atoms. The van der Waals surface area contributed by atoms with Gasteiger partial charge in [0.05, 0.1) is 28.4 Å². The van der Waals surface area contributed by atoms with Gasteiger partial charge in [-0.3, -0.25) is 0 Å². The van der Waals surface area contributed by atoms with Gasteiger partial charge in [-0.15, -0.1) is 24.5 Å². The summed E-state index contributed by atoms with van der Waals surface area (Å²) in [5.41, 5.74) is 3.43. The first-order valence-electron chi connectivity index (χ1n) is 9.44. The molecule has 0 fully saturated rings. The number of nitrogens with one attached hydrogen (secondary N) is 2. The Hall–Kier alpha value is -3.55. The molecule has 0 bridgehead atoms. The van der Waals surface area contributed by atoms with Gasteiger partial charge < -0.3 is 15.4 Å². The molecule has 1 aliphatic rings. The number of urea groups is 1. The predicted molar refractivity (Wildman–Crippen MR) is 117 cm³/mol. The third-order valence-electron chi connectivity index (χ3n) is 4.83. The van der Waals surface area contributed by atoms with Crippen LogP contribution in [-0.4, -0.2) is 17.4 Å². The number of carbonyl (C=O) groups is 1. The van der Waals surface area contributed by atoms with Gasteiger partial charge in [-0.25, -0.2) is 9.78 Å². The Morgan fingerprint density at radius 1 is 1.21 bits per heavy atom. The summed E-state index contributed by atoms with van der Waals surface area (Å²) in [4.78, 5) is 16.8. The zero-order chi connectivity index (χ0) is 23.8. The lowest BCUT2D eigenvalue weighted by atomic mass is 9.95. The number of rotatable bonds is 4. The van der Waals surface area contributed by atoms with Crippen LogP contribution < -0.4 is 15.4 Å². The number of allylic oxidation sites excluding steroid dienone is 1. The maximum atomic E-state index is 12.8. The monoisotopic (exact) mass is 490 g/mol. The van der Waals surface area contributed by atoms with Crippen molar-refractivity contribution >= 4 is 34.5 Å². The second kappa shape index (κ2) is 8.77. The van der Waals surface area contributed by atoms with Crippen molar-refractivity contribution in [2.24, 2.45) is 0 Å². The van der Waals surface area contributed by atoms with E-state index >= 15 is 0 Å². The van der Waals surface area contributed by atoms with Gasteiger partial charge in [-0.2, -0.15) is 5.26 Å². The molecule has 6 nitrogen and oxygen atoms in total. The lowest BCUT2D eigenvalue weighted by Crippen LogP contribution is -2.42. The number of alkyl halides is 3. The van der Waals surface area contributed by atoms with Gasteiger partial charge in [0.1, 0.15) is 10.8 Å². The number of halogens is 4. The first-order valence-corrected chi connectivity index (χ1v) is 10.7. The Balaban J connectivity index is 1.73. The molecule has 4 rings (SSSR count). The SMILES string of the molecule is CC1=C(c2nc(-c3ccc(C#N)cc3)cs2)C(c2ccc(Cl)c(OC(F)(F)F)c2)NC(=O)N1. The van der Waals surface area contributed by atoms with Crippen molar-refractivity contribution in [2.45, 2.75) is 19.3 Å². The average molecular weight is 491 g/mol. The largest absolute Gasteiger partial charge is 0.573 e. The summed E-state index contributed by atoms with van der Waals surface area (Å²) in [6.45, 7) is 1.69. The Morgan fingerprint density at radius 2 is 1.94 bits per heavy atom. The summed E-state index contributed by atoms with van der Waals surface area (Å²) in [6.07, 6.45) is -4.92. The quantitative estimate of drug-likeness (QED) is 0.468. The topological polar surface area (TPSA) is 87.0 Å². The third-order valence-corrected chi connectivity index (χ3v) is 6.02. The smallest absolute Gasteiger partial charge is 0.404 e. The minimum atomic E-state index is -4.92. The molecule has 1 unspecified atom stereocenters. The number of aromatic nitrogens is 1. The van der Waals surface area contributed by atoms with Crippen molar-refractivity contribution in [1.29, 1.82) is 5.26 Å². The zero-order valence-corrected chi connectivity index (χ0v) is 18.4. The van der Waals surface area contributed by atoms with E-state index in [1.165, 1.54) is 23.5 Å². The van der Waals surface area contributed by atoms with E-state index in [2.05, 4.69) is 26.4 Å². The van der Waals surface area contributed by atoms with E-state index < -0.39 is 24.2 Å². The number of thiazole rings is 1. The molecular weight excluding hydrogens is 477 g/mol. The summed E-state index contributed by atoms with van der Waals surface area (Å²) >= 11 is 7.20. The van der Waals surface area contributed by atoms with Crippen LogP contribution in [0.5, 0.6) is 5.75 Å². The van der Waals surface area contributed by atoms with Crippen molar-refractivity contribution in [3.63, 3.8) is 0 Å². The van der Waals surface area contributed by atoms with Gasteiger partial charge in [0.2, 0.25) is 0 Å². The molecule has 1 aromatic heterocycles. The Morgan fingerprint density at radius 3 is 2.61 bits per heavy atom. The summed E-state index contributed by atoms with van der Waals surface area (Å²) in [6, 6.07) is 11.6. The van der Waals surface area contributed by atoms with Crippen molar-refractivity contribution in [2.75, 3.05) is 0 Å². The number of nitrogens with zero attached hydrogens (tertiary/aromatic N) is 2. The average Bonchev–Trinajstić information content (AvgIpc) is 3.23. The fourth-order valence-corrected chi connectivity index (χ4v) is 4.49. The highest BCUT2D eigenvalue weighted by Crippen LogP contribution is 2.40. The summed E-state index contributed by atoms with van der Waals surface area (Å²) in [5.74, 6) is -0.566. The second-order valence-corrected chi connectivity index (χ2v) is 8.30. The highest BCUT2D eigenvalue weighted by molar-refractivity contribution is 7.11. The maximum Gasteiger partial charge on any atom is 0.573 e. The molecule has 0 aliphatic carbocycles. The van der Waals surface area contributed by atoms with Crippen LogP contribution >= 0.6 is 22.9 Å². The number of hydrogen-bond donors (Lipinski definition) is 2. The van der Waals surface area contributed by atoms with Crippen LogP contribution in [0.3, 0.4) is 0 Å². The fraction of sp³-hybridized carbons (Fsp3) is 0.136. The van der Waals surface area contributed by atoms with Gasteiger partial charge in [-0.1, -0.05) is 29.8 Å². The van der Waals surface area contributed by atoms with Crippen molar-refractivity contribution in [3.8, 4) is 23.1 Å². The molecule has 1 aliphatic heterocycles. The minimum absolute atomic E-state index is 0.212. The third kappa shape index (κ3) is 4.94. The molecule has 3 aromatic rings. The van der Waals surface area contributed by atoms with Crippen LogP contribution in [0.4, 0.5) is 18.0 Å². The van der Waals surface area contributed by atoms with E-state index in [1.807, 2.05) is 5.38 Å². The van der Waals surface area contributed by atoms with Crippen LogP contribution in [-0.2, 0) is 0 Å². The molecule has 0 saturated heterocycles. The molecule has 2 aromatic carbocycles. The highest BCUT2D eigenvalue weighted by atomic mass is 35.5. The summed E-state index contributed by atoms with van der Waals surface area (Å²) < 4.78 is 42.4. The minimum Gasteiger partial charge on any atom is -0.404 e. The van der Waals surface area contributed by atoms with Crippen LogP contribution in [0.15, 0.2) is 53.5 Å². The lowest BCUT2D eigenvalue weighted by Gasteiger charge is -2.28. The van der Waals surface area contributed by atoms with Crippen molar-refractivity contribution in [1.82, 2.24) is 15.6 Å². The molecular formula is C22H14ClF3N4O2S. The molecule has 33 heavy (non-hydrogen) atoms. The van der Waals surface area contributed by atoms with E-state index in [0.717, 1.165) is 11.6 Å². The molecule has 2 heterocycles. The van der Waals surface area contributed by atoms with Crippen LogP contribution in [0, 0.1) is 11.3 Å². The predicted octanol–water partition coefficient (Wildman–Crippen LogP) is 6.02. The normalized spacial score (nSPS) is 16.1. The van der Waals surface area contributed by atoms with Crippen LogP contribution in [0.2, 0.25) is 5.02 Å². The van der Waals surface area contributed by atoms with Crippen molar-refractivity contribution in [3.05, 3.63) is 74.7 Å². The standard InChI is InChI=1S/C22H14ClF3N4O2S/c1-11-18(20-29-16(10-33-20)13-4-2-12(9-27)3-5-13)19(30-21(31)28-11)14-6-7-15(23)17(8-14)32-22(24,25)26/h2-8,10,19H,1H3,(H2,28,30,31). The van der Waals surface area contributed by atoms with E-state index in [4.69, 9.17) is 16.9 Å². The molecule has 1 atom stereocenters. The fourth-order valence-electron chi connectivity index (χ4n) is 3.38. The number of amides is 2.